The Hall–Kier alpha value is -0.160. The lowest BCUT2D eigenvalue weighted by atomic mass is 10.3. The third-order valence-electron chi connectivity index (χ3n) is 2.12. The largest absolute Gasteiger partial charge is 0.348 e. The van der Waals surface area contributed by atoms with E-state index in [1.165, 1.54) is 0 Å². The lowest BCUT2D eigenvalue weighted by molar-refractivity contribution is -0.321. The fraction of sp³-hybridized carbons (Fsp3) is 1.00. The van der Waals surface area contributed by atoms with E-state index in [1.54, 1.807) is 0 Å². The second kappa shape index (κ2) is 3.30. The lowest BCUT2D eigenvalue weighted by Gasteiger charge is -2.34. The van der Waals surface area contributed by atoms with E-state index < -0.39 is 5.79 Å². The third kappa shape index (κ3) is 1.47. The van der Waals surface area contributed by atoms with Gasteiger partial charge in [-0.3, -0.25) is 0 Å². The number of rotatable bonds is 1. The van der Waals surface area contributed by atoms with Crippen molar-refractivity contribution in [2.45, 2.75) is 25.4 Å². The summed E-state index contributed by atoms with van der Waals surface area (Å²) in [5.41, 5.74) is 0. The highest BCUT2D eigenvalue weighted by atomic mass is 16.8. The second-order valence-electron chi connectivity index (χ2n) is 3.14. The minimum Gasteiger partial charge on any atom is -0.348 e. The fourth-order valence-corrected chi connectivity index (χ4v) is 1.46. The standard InChI is InChI=1S/C8H14O4/c1-8(11-5-6-12-8)7-9-3-2-4-10-7/h7H,2-6H2,1H3. The van der Waals surface area contributed by atoms with Gasteiger partial charge in [0.2, 0.25) is 12.1 Å². The molecule has 0 N–H and O–H groups in total. The minimum atomic E-state index is -0.680. The fourth-order valence-electron chi connectivity index (χ4n) is 1.46. The summed E-state index contributed by atoms with van der Waals surface area (Å²) in [6.07, 6.45) is 0.598. The Bertz CT molecular complexity index is 147. The molecule has 2 fully saturated rings. The Morgan fingerprint density at radius 1 is 1.00 bits per heavy atom. The highest BCUT2D eigenvalue weighted by molar-refractivity contribution is 4.74. The van der Waals surface area contributed by atoms with Gasteiger partial charge in [-0.05, 0) is 13.3 Å². The van der Waals surface area contributed by atoms with Gasteiger partial charge in [-0.15, -0.1) is 0 Å². The molecule has 4 nitrogen and oxygen atoms in total. The van der Waals surface area contributed by atoms with E-state index in [-0.39, 0.29) is 6.29 Å². The molecule has 2 aliphatic heterocycles. The van der Waals surface area contributed by atoms with Crippen LogP contribution in [0.4, 0.5) is 0 Å². The summed E-state index contributed by atoms with van der Waals surface area (Å²) in [5, 5.41) is 0. The lowest BCUT2D eigenvalue weighted by Crippen LogP contribution is -2.46. The zero-order chi connectivity index (χ0) is 8.44. The number of hydrogen-bond acceptors (Lipinski definition) is 4. The Morgan fingerprint density at radius 3 is 2.17 bits per heavy atom. The Balaban J connectivity index is 1.96. The van der Waals surface area contributed by atoms with Gasteiger partial charge in [0.05, 0.1) is 26.4 Å². The van der Waals surface area contributed by atoms with Crippen molar-refractivity contribution in [3.8, 4) is 0 Å². The van der Waals surface area contributed by atoms with Crippen LogP contribution in [0.3, 0.4) is 0 Å². The molecule has 70 valence electrons. The van der Waals surface area contributed by atoms with Gasteiger partial charge < -0.3 is 18.9 Å². The van der Waals surface area contributed by atoms with Gasteiger partial charge in [0.15, 0.2) is 0 Å². The molecule has 0 aromatic rings. The van der Waals surface area contributed by atoms with E-state index >= 15 is 0 Å². The molecule has 0 atom stereocenters. The molecule has 0 spiro atoms. The summed E-state index contributed by atoms with van der Waals surface area (Å²) in [6.45, 7) is 4.56. The molecule has 0 aromatic carbocycles. The van der Waals surface area contributed by atoms with Gasteiger partial charge in [0, 0.05) is 0 Å². The predicted molar refractivity (Wildman–Crippen MR) is 40.6 cm³/mol. The first-order valence-corrected chi connectivity index (χ1v) is 4.32. The quantitative estimate of drug-likeness (QED) is 0.580. The van der Waals surface area contributed by atoms with Crippen LogP contribution in [0.25, 0.3) is 0 Å². The first kappa shape index (κ1) is 8.44. The van der Waals surface area contributed by atoms with Gasteiger partial charge in [-0.2, -0.15) is 0 Å². The summed E-state index contributed by atoms with van der Waals surface area (Å²) < 4.78 is 21.6. The number of ether oxygens (including phenoxy) is 4. The van der Waals surface area contributed by atoms with Crippen molar-refractivity contribution in [2.24, 2.45) is 0 Å². The maximum Gasteiger partial charge on any atom is 0.217 e. The average molecular weight is 174 g/mol. The van der Waals surface area contributed by atoms with Gasteiger partial charge in [0.25, 0.3) is 0 Å². The minimum absolute atomic E-state index is 0.353. The van der Waals surface area contributed by atoms with Crippen LogP contribution in [-0.2, 0) is 18.9 Å². The summed E-state index contributed by atoms with van der Waals surface area (Å²) in [7, 11) is 0. The average Bonchev–Trinajstić information content (AvgIpc) is 2.55. The molecule has 12 heavy (non-hydrogen) atoms. The highest BCUT2D eigenvalue weighted by Gasteiger charge is 2.42. The molecular weight excluding hydrogens is 160 g/mol. The van der Waals surface area contributed by atoms with Crippen molar-refractivity contribution < 1.29 is 18.9 Å². The normalized spacial score (nSPS) is 30.8. The van der Waals surface area contributed by atoms with Gasteiger partial charge in [-0.25, -0.2) is 0 Å². The van der Waals surface area contributed by atoms with Crippen molar-refractivity contribution in [3.63, 3.8) is 0 Å². The van der Waals surface area contributed by atoms with Crippen LogP contribution in [0.15, 0.2) is 0 Å². The van der Waals surface area contributed by atoms with E-state index in [1.807, 2.05) is 6.92 Å². The topological polar surface area (TPSA) is 36.9 Å². The molecule has 0 unspecified atom stereocenters. The third-order valence-corrected chi connectivity index (χ3v) is 2.12. The molecule has 0 radical (unpaired) electrons. The van der Waals surface area contributed by atoms with E-state index in [0.717, 1.165) is 19.6 Å². The van der Waals surface area contributed by atoms with E-state index in [2.05, 4.69) is 0 Å². The molecule has 2 aliphatic rings. The summed E-state index contributed by atoms with van der Waals surface area (Å²) in [6, 6.07) is 0. The maximum atomic E-state index is 5.41. The van der Waals surface area contributed by atoms with E-state index in [0.29, 0.717) is 13.2 Å². The molecule has 0 saturated carbocycles. The summed E-state index contributed by atoms with van der Waals surface area (Å²) in [4.78, 5) is 0. The molecule has 0 bridgehead atoms. The van der Waals surface area contributed by atoms with Crippen molar-refractivity contribution in [3.05, 3.63) is 0 Å². The zero-order valence-corrected chi connectivity index (χ0v) is 7.25. The molecule has 4 heteroatoms. The van der Waals surface area contributed by atoms with Crippen LogP contribution >= 0.6 is 0 Å². The SMILES string of the molecule is CC1(C2OCCCO2)OCCO1. The zero-order valence-electron chi connectivity index (χ0n) is 7.25. The van der Waals surface area contributed by atoms with Crippen LogP contribution in [0.1, 0.15) is 13.3 Å². The van der Waals surface area contributed by atoms with Crippen LogP contribution in [0.5, 0.6) is 0 Å². The van der Waals surface area contributed by atoms with Crippen molar-refractivity contribution in [1.29, 1.82) is 0 Å². The Morgan fingerprint density at radius 2 is 1.58 bits per heavy atom. The molecule has 2 rings (SSSR count). The predicted octanol–water partition coefficient (Wildman–Crippen LogP) is 0.512. The van der Waals surface area contributed by atoms with Gasteiger partial charge in [0.1, 0.15) is 0 Å². The Labute approximate surface area is 71.7 Å². The highest BCUT2D eigenvalue weighted by Crippen LogP contribution is 2.27. The van der Waals surface area contributed by atoms with Crippen molar-refractivity contribution in [2.75, 3.05) is 26.4 Å². The van der Waals surface area contributed by atoms with Crippen molar-refractivity contribution >= 4 is 0 Å². The maximum absolute atomic E-state index is 5.41. The van der Waals surface area contributed by atoms with Crippen LogP contribution < -0.4 is 0 Å². The second-order valence-corrected chi connectivity index (χ2v) is 3.14. The molecule has 0 aromatic heterocycles. The molecule has 2 saturated heterocycles. The molecular formula is C8H14O4. The first-order valence-electron chi connectivity index (χ1n) is 4.32. The van der Waals surface area contributed by atoms with Crippen LogP contribution in [-0.4, -0.2) is 38.5 Å². The van der Waals surface area contributed by atoms with Gasteiger partial charge in [-0.1, -0.05) is 0 Å². The summed E-state index contributed by atoms with van der Waals surface area (Å²) >= 11 is 0. The number of hydrogen-bond donors (Lipinski definition) is 0. The first-order chi connectivity index (χ1) is 5.81. The van der Waals surface area contributed by atoms with Crippen LogP contribution in [0, 0.1) is 0 Å². The smallest absolute Gasteiger partial charge is 0.217 e. The summed E-state index contributed by atoms with van der Waals surface area (Å²) in [5.74, 6) is -0.680. The Kier molecular flexibility index (Phi) is 2.32. The molecule has 2 heterocycles. The van der Waals surface area contributed by atoms with E-state index in [9.17, 15) is 0 Å². The van der Waals surface area contributed by atoms with Crippen LogP contribution in [0.2, 0.25) is 0 Å². The molecule has 0 aliphatic carbocycles. The van der Waals surface area contributed by atoms with Crippen molar-refractivity contribution in [1.82, 2.24) is 0 Å². The molecule has 0 amide bonds. The monoisotopic (exact) mass is 174 g/mol. The van der Waals surface area contributed by atoms with Gasteiger partial charge >= 0.3 is 0 Å². The van der Waals surface area contributed by atoms with E-state index in [4.69, 9.17) is 18.9 Å².